The van der Waals surface area contributed by atoms with Crippen LogP contribution in [0.1, 0.15) is 29.8 Å². The molecular formula is C22H24INO5. The first-order chi connectivity index (χ1) is 13.9. The Morgan fingerprint density at radius 3 is 2.24 bits per heavy atom. The molecule has 0 spiro atoms. The Balaban J connectivity index is 1.93. The van der Waals surface area contributed by atoms with Crippen LogP contribution < -0.4 is 10.1 Å². The van der Waals surface area contributed by atoms with E-state index in [1.54, 1.807) is 48.5 Å². The van der Waals surface area contributed by atoms with Gasteiger partial charge in [0.2, 0.25) is 0 Å². The first-order valence-electron chi connectivity index (χ1n) is 9.24. The summed E-state index contributed by atoms with van der Waals surface area (Å²) >= 11 is 1.96. The van der Waals surface area contributed by atoms with Gasteiger partial charge in [-0.1, -0.05) is 56.3 Å². The van der Waals surface area contributed by atoms with Gasteiger partial charge in [-0.05, 0) is 46.2 Å². The molecule has 0 aliphatic carbocycles. The minimum Gasteiger partial charge on any atom is -0.455 e. The second-order valence-corrected chi connectivity index (χ2v) is 7.38. The molecule has 2 aromatic carbocycles. The molecule has 0 heterocycles. The largest absolute Gasteiger partial charge is 0.455 e. The van der Waals surface area contributed by atoms with Gasteiger partial charge in [0.05, 0.1) is 13.0 Å². The first-order valence-corrected chi connectivity index (χ1v) is 10.8. The molecule has 1 atom stereocenters. The van der Waals surface area contributed by atoms with Crippen molar-refractivity contribution < 1.29 is 23.9 Å². The molecule has 6 nitrogen and oxygen atoms in total. The van der Waals surface area contributed by atoms with E-state index in [0.717, 1.165) is 5.56 Å². The van der Waals surface area contributed by atoms with Crippen molar-refractivity contribution in [3.05, 3.63) is 65.7 Å². The first kappa shape index (κ1) is 23.0. The van der Waals surface area contributed by atoms with Crippen molar-refractivity contribution in [2.45, 2.75) is 26.3 Å². The zero-order chi connectivity index (χ0) is 21.2. The lowest BCUT2D eigenvalue weighted by Crippen LogP contribution is -2.45. The summed E-state index contributed by atoms with van der Waals surface area (Å²) in [6.07, 6.45) is 0.162. The van der Waals surface area contributed by atoms with E-state index in [9.17, 15) is 14.4 Å². The average molecular weight is 509 g/mol. The predicted octanol–water partition coefficient (Wildman–Crippen LogP) is 3.57. The van der Waals surface area contributed by atoms with Crippen LogP contribution in [0.4, 0.5) is 0 Å². The summed E-state index contributed by atoms with van der Waals surface area (Å²) in [4.78, 5) is 36.4. The number of rotatable bonds is 10. The highest BCUT2D eigenvalue weighted by molar-refractivity contribution is 14.1. The van der Waals surface area contributed by atoms with Gasteiger partial charge in [-0.3, -0.25) is 14.9 Å². The lowest BCUT2D eigenvalue weighted by Gasteiger charge is -2.20. The van der Waals surface area contributed by atoms with Crippen LogP contribution in [0.5, 0.6) is 5.75 Å². The minimum absolute atomic E-state index is 0.0415. The van der Waals surface area contributed by atoms with E-state index in [4.69, 9.17) is 9.47 Å². The van der Waals surface area contributed by atoms with Crippen LogP contribution in [0.3, 0.4) is 0 Å². The van der Waals surface area contributed by atoms with Gasteiger partial charge in [0.1, 0.15) is 16.4 Å². The number of Topliss-reactive ketones (excluding diaryl/α,β-unsaturated/α-hetero) is 1. The molecular weight excluding hydrogens is 485 g/mol. The van der Waals surface area contributed by atoms with Crippen LogP contribution in [0.25, 0.3) is 0 Å². The molecule has 1 unspecified atom stereocenters. The maximum absolute atomic E-state index is 12.6. The molecule has 0 saturated heterocycles. The summed E-state index contributed by atoms with van der Waals surface area (Å²) in [7, 11) is 0. The van der Waals surface area contributed by atoms with Crippen molar-refractivity contribution in [2.24, 2.45) is 5.92 Å². The van der Waals surface area contributed by atoms with E-state index >= 15 is 0 Å². The highest BCUT2D eigenvalue weighted by Crippen LogP contribution is 2.15. The molecule has 0 aliphatic heterocycles. The van der Waals surface area contributed by atoms with Crippen LogP contribution in [-0.4, -0.2) is 34.9 Å². The lowest BCUT2D eigenvalue weighted by molar-refractivity contribution is -0.140. The summed E-state index contributed by atoms with van der Waals surface area (Å²) < 4.78 is 10.7. The maximum atomic E-state index is 12.6. The van der Waals surface area contributed by atoms with Crippen molar-refractivity contribution >= 4 is 40.3 Å². The van der Waals surface area contributed by atoms with Crippen LogP contribution in [0.15, 0.2) is 54.6 Å². The van der Waals surface area contributed by atoms with E-state index in [1.807, 2.05) is 42.5 Å². The van der Waals surface area contributed by atoms with Crippen LogP contribution >= 0.6 is 22.6 Å². The lowest BCUT2D eigenvalue weighted by atomic mass is 10.0. The number of carbonyl (C=O) groups is 3. The quantitative estimate of drug-likeness (QED) is 0.174. The van der Waals surface area contributed by atoms with Gasteiger partial charge in [0, 0.05) is 5.56 Å². The number of alkyl halides is 1. The maximum Gasteiger partial charge on any atom is 0.328 e. The number of ether oxygens (including phenoxy) is 2. The summed E-state index contributed by atoms with van der Waals surface area (Å²) in [5, 5.41) is 3.00. The summed E-state index contributed by atoms with van der Waals surface area (Å²) in [5.74, 6) is -0.544. The molecule has 0 aromatic heterocycles. The predicted molar refractivity (Wildman–Crippen MR) is 118 cm³/mol. The topological polar surface area (TPSA) is 81.7 Å². The van der Waals surface area contributed by atoms with Crippen molar-refractivity contribution in [1.29, 1.82) is 0 Å². The van der Waals surface area contributed by atoms with Crippen LogP contribution in [0, 0.1) is 5.92 Å². The van der Waals surface area contributed by atoms with Crippen LogP contribution in [0.2, 0.25) is 0 Å². The fourth-order valence-corrected chi connectivity index (χ4v) is 3.00. The van der Waals surface area contributed by atoms with E-state index in [0.29, 0.717) is 15.9 Å². The Hall–Kier alpha value is -2.26. The molecule has 2 aromatic rings. The Labute approximate surface area is 184 Å². The average Bonchev–Trinajstić information content (AvgIpc) is 2.70. The van der Waals surface area contributed by atoms with Crippen LogP contribution in [-0.2, 0) is 20.7 Å². The molecule has 0 amide bonds. The second kappa shape index (κ2) is 11.7. The fraction of sp³-hybridized carbons (Fsp3) is 0.318. The molecule has 0 fully saturated rings. The van der Waals surface area contributed by atoms with Gasteiger partial charge in [-0.15, -0.1) is 0 Å². The number of ketones is 1. The van der Waals surface area contributed by atoms with Gasteiger partial charge in [0.25, 0.3) is 0 Å². The SMILES string of the molecule is CC(C)C(NCC(=O)c1ccccc1)C(=O)Oc1ccc(CC(=O)OCI)cc1. The Bertz CT molecular complexity index is 821. The normalized spacial score (nSPS) is 11.7. The molecule has 1 N–H and O–H groups in total. The highest BCUT2D eigenvalue weighted by atomic mass is 127. The molecule has 7 heteroatoms. The number of carbonyl (C=O) groups excluding carboxylic acids is 3. The van der Waals surface area contributed by atoms with Crippen molar-refractivity contribution in [3.63, 3.8) is 0 Å². The monoisotopic (exact) mass is 509 g/mol. The Morgan fingerprint density at radius 1 is 1.00 bits per heavy atom. The summed E-state index contributed by atoms with van der Waals surface area (Å²) in [6.45, 7) is 3.81. The van der Waals surface area contributed by atoms with Gasteiger partial charge >= 0.3 is 11.9 Å². The molecule has 0 radical (unpaired) electrons. The van der Waals surface area contributed by atoms with Crippen molar-refractivity contribution in [3.8, 4) is 5.75 Å². The molecule has 0 aliphatic rings. The molecule has 2 rings (SSSR count). The standard InChI is InChI=1S/C22H24INO5/c1-15(2)21(24-13-19(25)17-6-4-3-5-7-17)22(27)29-18-10-8-16(9-11-18)12-20(26)28-14-23/h3-11,15,21,24H,12-14H2,1-2H3. The van der Waals surface area contributed by atoms with Crippen molar-refractivity contribution in [2.75, 3.05) is 11.2 Å². The number of hydrogen-bond donors (Lipinski definition) is 1. The third kappa shape index (κ3) is 7.58. The number of benzene rings is 2. The number of esters is 2. The van der Waals surface area contributed by atoms with E-state index in [2.05, 4.69) is 5.32 Å². The second-order valence-electron chi connectivity index (χ2n) is 6.76. The van der Waals surface area contributed by atoms with Gasteiger partial charge in [-0.2, -0.15) is 0 Å². The smallest absolute Gasteiger partial charge is 0.328 e. The molecule has 154 valence electrons. The zero-order valence-corrected chi connectivity index (χ0v) is 18.5. The minimum atomic E-state index is -0.624. The zero-order valence-electron chi connectivity index (χ0n) is 16.4. The van der Waals surface area contributed by atoms with E-state index in [-0.39, 0.29) is 30.6 Å². The Kier molecular flexibility index (Phi) is 9.27. The van der Waals surface area contributed by atoms with Crippen molar-refractivity contribution in [1.82, 2.24) is 5.32 Å². The van der Waals surface area contributed by atoms with E-state index < -0.39 is 12.0 Å². The fourth-order valence-electron chi connectivity index (χ4n) is 2.65. The molecule has 29 heavy (non-hydrogen) atoms. The Morgan fingerprint density at radius 2 is 1.66 bits per heavy atom. The van der Waals surface area contributed by atoms with E-state index in [1.165, 1.54) is 0 Å². The number of nitrogens with one attached hydrogen (secondary N) is 1. The number of hydrogen-bond acceptors (Lipinski definition) is 6. The summed E-state index contributed by atoms with van der Waals surface area (Å²) in [5.41, 5.74) is 1.36. The number of halogens is 1. The summed E-state index contributed by atoms with van der Waals surface area (Å²) in [6, 6.07) is 15.0. The van der Waals surface area contributed by atoms with Gasteiger partial charge in [-0.25, -0.2) is 4.79 Å². The highest BCUT2D eigenvalue weighted by Gasteiger charge is 2.25. The third-order valence-electron chi connectivity index (χ3n) is 4.20. The van der Waals surface area contributed by atoms with Gasteiger partial charge in [0.15, 0.2) is 5.78 Å². The molecule has 0 saturated carbocycles. The van der Waals surface area contributed by atoms with Gasteiger partial charge < -0.3 is 9.47 Å². The molecule has 0 bridgehead atoms. The third-order valence-corrected chi connectivity index (χ3v) is 4.52.